The van der Waals surface area contributed by atoms with E-state index < -0.39 is 0 Å². The monoisotopic (exact) mass is 277 g/mol. The lowest BCUT2D eigenvalue weighted by molar-refractivity contribution is -0.0702. The second-order valence-electron chi connectivity index (χ2n) is 6.11. The summed E-state index contributed by atoms with van der Waals surface area (Å²) < 4.78 is 7.51. The molecule has 3 rings (SSSR count). The number of nitrogens with zero attached hydrogens (tertiary/aromatic N) is 1. The van der Waals surface area contributed by atoms with Crippen molar-refractivity contribution in [2.24, 2.45) is 0 Å². The lowest BCUT2D eigenvalue weighted by Gasteiger charge is -2.35. The zero-order valence-corrected chi connectivity index (χ0v) is 11.9. The normalized spacial score (nSPS) is 22.2. The minimum atomic E-state index is -0.222. The number of hydrogen-bond acceptors (Lipinski definition) is 3. The molecule has 2 aromatic heterocycles. The molecule has 1 fully saturated rings. The van der Waals surface area contributed by atoms with Crippen LogP contribution >= 0.6 is 0 Å². The van der Waals surface area contributed by atoms with Gasteiger partial charge < -0.3 is 9.72 Å². The number of ether oxygens (including phenoxy) is 1. The van der Waals surface area contributed by atoms with E-state index in [0.717, 1.165) is 12.8 Å². The van der Waals surface area contributed by atoms with Crippen LogP contribution in [0.25, 0.3) is 11.0 Å². The molecule has 3 heterocycles. The first-order valence-corrected chi connectivity index (χ1v) is 6.85. The highest BCUT2D eigenvalue weighted by atomic mass is 16.5. The largest absolute Gasteiger partial charge is 0.375 e. The maximum atomic E-state index is 12.1. The molecule has 0 aromatic carbocycles. The van der Waals surface area contributed by atoms with Crippen molar-refractivity contribution in [1.29, 1.82) is 0 Å². The molecule has 1 atom stereocenters. The van der Waals surface area contributed by atoms with Gasteiger partial charge in [-0.25, -0.2) is 0 Å². The maximum Gasteiger partial charge on any atom is 0.273 e. The number of fused-ring (bicyclic) bond motifs is 1. The van der Waals surface area contributed by atoms with E-state index in [0.29, 0.717) is 23.2 Å². The Kier molecular flexibility index (Phi) is 2.86. The van der Waals surface area contributed by atoms with E-state index in [1.165, 1.54) is 6.07 Å². The third kappa shape index (κ3) is 2.10. The van der Waals surface area contributed by atoms with E-state index in [1.54, 1.807) is 11.6 Å². The molecule has 0 aliphatic carbocycles. The third-order valence-corrected chi connectivity index (χ3v) is 3.95. The number of H-pyrrole nitrogens is 2. The SMILES string of the molecule is Cc1cc(=O)[nH]c2c1c(=O)[nH]n2[C@H]1CCOC(C)(C)C1. The zero-order valence-electron chi connectivity index (χ0n) is 11.9. The molecule has 0 radical (unpaired) electrons. The van der Waals surface area contributed by atoms with Gasteiger partial charge in [-0.05, 0) is 39.2 Å². The summed E-state index contributed by atoms with van der Waals surface area (Å²) in [5.74, 6) is 0. The Bertz CT molecular complexity index is 766. The van der Waals surface area contributed by atoms with Gasteiger partial charge in [-0.3, -0.25) is 19.4 Å². The molecule has 0 amide bonds. The molecule has 20 heavy (non-hydrogen) atoms. The summed E-state index contributed by atoms with van der Waals surface area (Å²) in [5, 5.41) is 3.43. The van der Waals surface area contributed by atoms with Gasteiger partial charge in [0.2, 0.25) is 5.56 Å². The number of aromatic nitrogens is 3. The molecular weight excluding hydrogens is 258 g/mol. The van der Waals surface area contributed by atoms with Crippen LogP contribution in [0, 0.1) is 6.92 Å². The zero-order chi connectivity index (χ0) is 14.5. The highest BCUT2D eigenvalue weighted by molar-refractivity contribution is 5.78. The molecule has 108 valence electrons. The minimum Gasteiger partial charge on any atom is -0.375 e. The Morgan fingerprint density at radius 2 is 2.15 bits per heavy atom. The smallest absolute Gasteiger partial charge is 0.273 e. The second kappa shape index (κ2) is 4.34. The lowest BCUT2D eigenvalue weighted by Crippen LogP contribution is -2.35. The first-order chi connectivity index (χ1) is 9.37. The number of hydrogen-bond donors (Lipinski definition) is 2. The van der Waals surface area contributed by atoms with Crippen LogP contribution in [0.5, 0.6) is 0 Å². The standard InChI is InChI=1S/C14H19N3O3/c1-8-6-10(18)15-12-11(8)13(19)16-17(12)9-4-5-20-14(2,3)7-9/h6,9H,4-5,7H2,1-3H3,(H,15,18)(H,16,19)/t9-/m0/s1. The Morgan fingerprint density at radius 1 is 1.40 bits per heavy atom. The molecule has 0 unspecified atom stereocenters. The highest BCUT2D eigenvalue weighted by Gasteiger charge is 2.31. The molecule has 2 aromatic rings. The summed E-state index contributed by atoms with van der Waals surface area (Å²) in [4.78, 5) is 26.6. The fourth-order valence-corrected chi connectivity index (χ4v) is 3.05. The number of aromatic amines is 2. The van der Waals surface area contributed by atoms with Gasteiger partial charge in [0.05, 0.1) is 17.0 Å². The van der Waals surface area contributed by atoms with Crippen LogP contribution < -0.4 is 11.1 Å². The predicted molar refractivity (Wildman–Crippen MR) is 76.2 cm³/mol. The molecule has 0 bridgehead atoms. The van der Waals surface area contributed by atoms with Crippen molar-refractivity contribution >= 4 is 11.0 Å². The Labute approximate surface area is 115 Å². The lowest BCUT2D eigenvalue weighted by atomic mass is 9.94. The molecule has 1 aliphatic rings. The topological polar surface area (TPSA) is 79.9 Å². The highest BCUT2D eigenvalue weighted by Crippen LogP contribution is 2.32. The first-order valence-electron chi connectivity index (χ1n) is 6.85. The molecular formula is C14H19N3O3. The summed E-state index contributed by atoms with van der Waals surface area (Å²) in [6.07, 6.45) is 1.61. The van der Waals surface area contributed by atoms with E-state index in [9.17, 15) is 9.59 Å². The summed E-state index contributed by atoms with van der Waals surface area (Å²) in [5.41, 5.74) is 0.727. The van der Waals surface area contributed by atoms with Crippen molar-refractivity contribution in [3.05, 3.63) is 32.3 Å². The third-order valence-electron chi connectivity index (χ3n) is 3.95. The average molecular weight is 277 g/mol. The van der Waals surface area contributed by atoms with Crippen LogP contribution in [-0.4, -0.2) is 27.0 Å². The van der Waals surface area contributed by atoms with Gasteiger partial charge in [-0.15, -0.1) is 0 Å². The molecule has 6 heteroatoms. The average Bonchev–Trinajstić information content (AvgIpc) is 2.65. The van der Waals surface area contributed by atoms with E-state index in [-0.39, 0.29) is 22.8 Å². The Hall–Kier alpha value is -1.82. The van der Waals surface area contributed by atoms with Crippen LogP contribution in [0.3, 0.4) is 0 Å². The van der Waals surface area contributed by atoms with E-state index in [1.807, 2.05) is 13.8 Å². The Morgan fingerprint density at radius 3 is 2.85 bits per heavy atom. The summed E-state index contributed by atoms with van der Waals surface area (Å²) in [6.45, 7) is 6.51. The first kappa shape index (κ1) is 13.2. The van der Waals surface area contributed by atoms with Gasteiger partial charge in [0.1, 0.15) is 5.65 Å². The molecule has 0 saturated carbocycles. The van der Waals surface area contributed by atoms with Crippen molar-refractivity contribution < 1.29 is 4.74 Å². The fraction of sp³-hybridized carbons (Fsp3) is 0.571. The van der Waals surface area contributed by atoms with Gasteiger partial charge in [0.25, 0.3) is 5.56 Å². The van der Waals surface area contributed by atoms with Crippen LogP contribution in [0.4, 0.5) is 0 Å². The second-order valence-corrected chi connectivity index (χ2v) is 6.11. The van der Waals surface area contributed by atoms with Crippen LogP contribution in [0.2, 0.25) is 0 Å². The predicted octanol–water partition coefficient (Wildman–Crippen LogP) is 1.46. The van der Waals surface area contributed by atoms with Crippen LogP contribution in [0.1, 0.15) is 38.3 Å². The van der Waals surface area contributed by atoms with Gasteiger partial charge in [0.15, 0.2) is 0 Å². The molecule has 0 spiro atoms. The summed E-state index contributed by atoms with van der Waals surface area (Å²) >= 11 is 0. The molecule has 1 aliphatic heterocycles. The van der Waals surface area contributed by atoms with Crippen LogP contribution in [0.15, 0.2) is 15.7 Å². The summed E-state index contributed by atoms with van der Waals surface area (Å²) in [7, 11) is 0. The molecule has 6 nitrogen and oxygen atoms in total. The number of rotatable bonds is 1. The van der Waals surface area contributed by atoms with Gasteiger partial charge in [-0.1, -0.05) is 0 Å². The van der Waals surface area contributed by atoms with Crippen molar-refractivity contribution in [2.75, 3.05) is 6.61 Å². The molecule has 1 saturated heterocycles. The maximum absolute atomic E-state index is 12.1. The van der Waals surface area contributed by atoms with Crippen molar-refractivity contribution in [1.82, 2.24) is 14.8 Å². The number of nitrogens with one attached hydrogen (secondary N) is 2. The van der Waals surface area contributed by atoms with E-state index >= 15 is 0 Å². The van der Waals surface area contributed by atoms with Crippen molar-refractivity contribution in [3.63, 3.8) is 0 Å². The fourth-order valence-electron chi connectivity index (χ4n) is 3.05. The van der Waals surface area contributed by atoms with Gasteiger partial charge in [0, 0.05) is 12.7 Å². The van der Waals surface area contributed by atoms with Crippen molar-refractivity contribution in [3.8, 4) is 0 Å². The Balaban J connectivity index is 2.17. The van der Waals surface area contributed by atoms with Crippen molar-refractivity contribution in [2.45, 2.75) is 45.3 Å². The van der Waals surface area contributed by atoms with Crippen LogP contribution in [-0.2, 0) is 4.74 Å². The number of pyridine rings is 1. The van der Waals surface area contributed by atoms with Gasteiger partial charge in [-0.2, -0.15) is 0 Å². The molecule has 2 N–H and O–H groups in total. The van der Waals surface area contributed by atoms with Gasteiger partial charge >= 0.3 is 0 Å². The number of aryl methyl sites for hydroxylation is 1. The quantitative estimate of drug-likeness (QED) is 0.828. The van der Waals surface area contributed by atoms with E-state index in [4.69, 9.17) is 4.74 Å². The minimum absolute atomic E-state index is 0.126. The summed E-state index contributed by atoms with van der Waals surface area (Å²) in [6, 6.07) is 1.58. The van der Waals surface area contributed by atoms with E-state index in [2.05, 4.69) is 10.1 Å².